The molecule has 1 aromatic heterocycles. The number of carbonyl (C=O) groups excluding carboxylic acids is 1. The number of aromatic nitrogens is 2. The van der Waals surface area contributed by atoms with Crippen LogP contribution >= 0.6 is 0 Å². The van der Waals surface area contributed by atoms with Gasteiger partial charge in [0.05, 0.1) is 23.7 Å². The van der Waals surface area contributed by atoms with Gasteiger partial charge in [0.1, 0.15) is 11.4 Å². The quantitative estimate of drug-likeness (QED) is 0.646. The van der Waals surface area contributed by atoms with Gasteiger partial charge in [0, 0.05) is 37.0 Å². The molecule has 178 valence electrons. The molecule has 2 aromatic rings. The molecule has 1 amide bonds. The minimum Gasteiger partial charge on any atom is -0.507 e. The number of aromatic hydroxyl groups is 1. The lowest BCUT2D eigenvalue weighted by atomic mass is 10.0. The van der Waals surface area contributed by atoms with Gasteiger partial charge in [-0.15, -0.1) is 0 Å². The first-order valence-electron chi connectivity index (χ1n) is 11.0. The summed E-state index contributed by atoms with van der Waals surface area (Å²) in [4.78, 5) is 26.7. The Morgan fingerprint density at radius 2 is 2.00 bits per heavy atom. The topological polar surface area (TPSA) is 105 Å². The summed E-state index contributed by atoms with van der Waals surface area (Å²) >= 11 is 0. The highest BCUT2D eigenvalue weighted by atomic mass is 19.4. The maximum atomic E-state index is 12.9. The van der Waals surface area contributed by atoms with Crippen molar-refractivity contribution in [3.05, 3.63) is 35.2 Å². The van der Waals surface area contributed by atoms with Crippen LogP contribution in [0.2, 0.25) is 0 Å². The maximum absolute atomic E-state index is 12.9. The number of nitrogen functional groups attached to an aromatic ring is 1. The Balaban J connectivity index is 0.00000149. The molecule has 1 aliphatic carbocycles. The average Bonchev–Trinajstić information content (AvgIpc) is 3.52. The van der Waals surface area contributed by atoms with Crippen LogP contribution in [0.15, 0.2) is 23.3 Å². The number of likely N-dealkylation sites (tertiary alicyclic amines) is 1. The molecular formula is C23H28F3N5O2. The number of hydrogen-bond donors (Lipinski definition) is 2. The third kappa shape index (κ3) is 5.61. The molecule has 0 radical (unpaired) electrons. The molecule has 1 aromatic carbocycles. The van der Waals surface area contributed by atoms with Gasteiger partial charge in [0.15, 0.2) is 5.82 Å². The molecule has 2 fully saturated rings. The zero-order valence-electron chi connectivity index (χ0n) is 18.9. The average molecular weight is 464 g/mol. The number of nitrogens with zero attached hydrogens (tertiary/aromatic N) is 4. The van der Waals surface area contributed by atoms with Gasteiger partial charge in [-0.25, -0.2) is 9.97 Å². The van der Waals surface area contributed by atoms with Crippen LogP contribution in [0.5, 0.6) is 5.75 Å². The molecule has 1 saturated heterocycles. The van der Waals surface area contributed by atoms with E-state index in [1.54, 1.807) is 0 Å². The molecule has 3 N–H and O–H groups in total. The number of alkyl halides is 3. The predicted molar refractivity (Wildman–Crippen MR) is 120 cm³/mol. The molecule has 33 heavy (non-hydrogen) atoms. The van der Waals surface area contributed by atoms with Gasteiger partial charge >= 0.3 is 6.18 Å². The summed E-state index contributed by atoms with van der Waals surface area (Å²) in [5.74, 6) is -0.168. The second-order valence-corrected chi connectivity index (χ2v) is 8.05. The van der Waals surface area contributed by atoms with E-state index in [2.05, 4.69) is 15.0 Å². The van der Waals surface area contributed by atoms with Crippen molar-refractivity contribution in [3.8, 4) is 17.0 Å². The van der Waals surface area contributed by atoms with Gasteiger partial charge in [-0.1, -0.05) is 13.8 Å². The van der Waals surface area contributed by atoms with Crippen LogP contribution in [0.1, 0.15) is 49.9 Å². The number of phenolic OH excluding ortho intramolecular Hbond substituents is 1. The zero-order valence-corrected chi connectivity index (χ0v) is 18.9. The summed E-state index contributed by atoms with van der Waals surface area (Å²) in [6.45, 7) is 6.63. The SMILES string of the molecule is CC.Cc1cc(C(F)(F)F)cc(O)c1-c1cnc(C=NCC2CC(=O)N(C3CC3)C2)c(N)n1. The van der Waals surface area contributed by atoms with E-state index in [9.17, 15) is 23.1 Å². The molecule has 4 rings (SSSR count). The van der Waals surface area contributed by atoms with Crippen molar-refractivity contribution >= 4 is 17.9 Å². The smallest absolute Gasteiger partial charge is 0.416 e. The molecule has 7 nitrogen and oxygen atoms in total. The molecule has 0 bridgehead atoms. The lowest BCUT2D eigenvalue weighted by molar-refractivity contribution is -0.137. The lowest BCUT2D eigenvalue weighted by Crippen LogP contribution is -2.27. The summed E-state index contributed by atoms with van der Waals surface area (Å²) in [5, 5.41) is 10.1. The first-order chi connectivity index (χ1) is 15.6. The molecular weight excluding hydrogens is 435 g/mol. The highest BCUT2D eigenvalue weighted by Gasteiger charge is 2.39. The second kappa shape index (κ2) is 9.76. The lowest BCUT2D eigenvalue weighted by Gasteiger charge is -2.14. The number of aliphatic imine (C=N–C) groups is 1. The van der Waals surface area contributed by atoms with E-state index in [4.69, 9.17) is 5.73 Å². The van der Waals surface area contributed by atoms with Crippen LogP contribution in [-0.2, 0) is 11.0 Å². The van der Waals surface area contributed by atoms with Crippen LogP contribution in [0.3, 0.4) is 0 Å². The molecule has 10 heteroatoms. The summed E-state index contributed by atoms with van der Waals surface area (Å²) in [6.07, 6.45) is 0.894. The first-order valence-corrected chi connectivity index (χ1v) is 11.0. The highest BCUT2D eigenvalue weighted by molar-refractivity contribution is 5.84. The molecule has 2 aliphatic rings. The number of nitrogens with two attached hydrogens (primary N) is 1. The van der Waals surface area contributed by atoms with Crippen LogP contribution in [-0.4, -0.2) is 51.2 Å². The van der Waals surface area contributed by atoms with E-state index in [1.807, 2.05) is 18.7 Å². The van der Waals surface area contributed by atoms with Crippen molar-refractivity contribution in [1.29, 1.82) is 0 Å². The predicted octanol–water partition coefficient (Wildman–Crippen LogP) is 4.21. The van der Waals surface area contributed by atoms with E-state index in [-0.39, 0.29) is 34.5 Å². The Kier molecular flexibility index (Phi) is 7.24. The summed E-state index contributed by atoms with van der Waals surface area (Å²) in [5.41, 5.74) is 5.84. The molecule has 1 atom stereocenters. The van der Waals surface area contributed by atoms with Crippen molar-refractivity contribution in [1.82, 2.24) is 14.9 Å². The molecule has 0 spiro atoms. The number of rotatable bonds is 5. The summed E-state index contributed by atoms with van der Waals surface area (Å²) in [7, 11) is 0. The minimum absolute atomic E-state index is 0.0436. The molecule has 2 heterocycles. The third-order valence-corrected chi connectivity index (χ3v) is 5.53. The number of aryl methyl sites for hydroxylation is 1. The third-order valence-electron chi connectivity index (χ3n) is 5.53. The Morgan fingerprint density at radius 3 is 2.58 bits per heavy atom. The van der Waals surface area contributed by atoms with E-state index in [1.165, 1.54) is 19.3 Å². The van der Waals surface area contributed by atoms with Gasteiger partial charge in [-0.05, 0) is 37.5 Å². The van der Waals surface area contributed by atoms with Crippen LogP contribution < -0.4 is 5.73 Å². The number of benzene rings is 1. The largest absolute Gasteiger partial charge is 0.507 e. The zero-order chi connectivity index (χ0) is 24.3. The van der Waals surface area contributed by atoms with Crippen molar-refractivity contribution in [2.24, 2.45) is 10.9 Å². The Morgan fingerprint density at radius 1 is 1.30 bits per heavy atom. The van der Waals surface area contributed by atoms with Crippen molar-refractivity contribution < 1.29 is 23.1 Å². The van der Waals surface area contributed by atoms with Crippen molar-refractivity contribution in [2.45, 2.75) is 52.3 Å². The number of phenols is 1. The van der Waals surface area contributed by atoms with E-state index in [0.717, 1.165) is 18.9 Å². The fraction of sp³-hybridized carbons (Fsp3) is 0.478. The Labute approximate surface area is 190 Å². The fourth-order valence-corrected chi connectivity index (χ4v) is 3.86. The summed E-state index contributed by atoms with van der Waals surface area (Å²) < 4.78 is 38.8. The number of anilines is 1. The number of carbonyl (C=O) groups is 1. The molecule has 1 saturated carbocycles. The number of amides is 1. The van der Waals surface area contributed by atoms with Gasteiger partial charge in [0.25, 0.3) is 0 Å². The van der Waals surface area contributed by atoms with Crippen molar-refractivity contribution in [2.75, 3.05) is 18.8 Å². The van der Waals surface area contributed by atoms with Crippen molar-refractivity contribution in [3.63, 3.8) is 0 Å². The Hall–Kier alpha value is -3.17. The standard InChI is InChI=1S/C21H22F3N5O2.C2H6/c1-11-4-13(21(22,23)24)6-17(30)19(11)15-9-27-16(20(25)28-15)8-26-7-12-5-18(31)29(10-12)14-2-3-14;1-2/h4,6,8-9,12,14,30H,2-3,5,7,10H2,1H3,(H2,25,28);1-2H3. The number of hydrogen-bond acceptors (Lipinski definition) is 6. The Bertz CT molecular complexity index is 1030. The normalized spacial score (nSPS) is 18.5. The van der Waals surface area contributed by atoms with Crippen LogP contribution in [0, 0.1) is 12.8 Å². The second-order valence-electron chi connectivity index (χ2n) is 8.05. The van der Waals surface area contributed by atoms with Crippen LogP contribution in [0.25, 0.3) is 11.3 Å². The van der Waals surface area contributed by atoms with Gasteiger partial charge in [-0.2, -0.15) is 13.2 Å². The fourth-order valence-electron chi connectivity index (χ4n) is 3.86. The van der Waals surface area contributed by atoms with E-state index >= 15 is 0 Å². The highest BCUT2D eigenvalue weighted by Crippen LogP contribution is 2.38. The van der Waals surface area contributed by atoms with E-state index in [0.29, 0.717) is 37.3 Å². The maximum Gasteiger partial charge on any atom is 0.416 e. The summed E-state index contributed by atoms with van der Waals surface area (Å²) in [6, 6.07) is 2.00. The van der Waals surface area contributed by atoms with Gasteiger partial charge in [-0.3, -0.25) is 9.79 Å². The molecule has 1 aliphatic heterocycles. The minimum atomic E-state index is -4.56. The van der Waals surface area contributed by atoms with Gasteiger partial charge < -0.3 is 15.7 Å². The molecule has 1 unspecified atom stereocenters. The van der Waals surface area contributed by atoms with Gasteiger partial charge in [0.2, 0.25) is 5.91 Å². The van der Waals surface area contributed by atoms with E-state index < -0.39 is 17.5 Å². The number of halogens is 3. The first kappa shape index (κ1) is 24.5. The van der Waals surface area contributed by atoms with Crippen LogP contribution in [0.4, 0.5) is 19.0 Å². The monoisotopic (exact) mass is 463 g/mol.